The van der Waals surface area contributed by atoms with Gasteiger partial charge in [0.15, 0.2) is 0 Å². The quantitative estimate of drug-likeness (QED) is 0.577. The van der Waals surface area contributed by atoms with Gasteiger partial charge in [-0.25, -0.2) is 4.79 Å². The third-order valence-electron chi connectivity index (χ3n) is 9.43. The van der Waals surface area contributed by atoms with Gasteiger partial charge in [0.1, 0.15) is 0 Å². The Hall–Kier alpha value is -1.66. The summed E-state index contributed by atoms with van der Waals surface area (Å²) in [4.78, 5) is 23.9. The molecule has 2 heterocycles. The van der Waals surface area contributed by atoms with Gasteiger partial charge in [-0.15, -0.1) is 0 Å². The van der Waals surface area contributed by atoms with E-state index in [1.165, 1.54) is 0 Å². The van der Waals surface area contributed by atoms with Crippen molar-refractivity contribution in [1.82, 2.24) is 0 Å². The van der Waals surface area contributed by atoms with E-state index in [1.807, 2.05) is 26.8 Å². The molecular weight excluding hydrogens is 396 g/mol. The number of aliphatic hydroxyl groups excluding tert-OH is 1. The molecule has 2 fully saturated rings. The highest BCUT2D eigenvalue weighted by molar-refractivity contribution is 5.94. The second-order valence-corrected chi connectivity index (χ2v) is 11.6. The van der Waals surface area contributed by atoms with Crippen LogP contribution >= 0.6 is 0 Å². The topological polar surface area (TPSA) is 104 Å². The molecule has 0 aromatic carbocycles. The Morgan fingerprint density at radius 3 is 2.42 bits per heavy atom. The highest BCUT2D eigenvalue weighted by Crippen LogP contribution is 2.65. The molecule has 0 saturated carbocycles. The average Bonchev–Trinajstić information content (AvgIpc) is 3.24. The summed E-state index contributed by atoms with van der Waals surface area (Å²) in [6, 6.07) is 0. The van der Waals surface area contributed by atoms with E-state index < -0.39 is 28.9 Å². The van der Waals surface area contributed by atoms with Crippen molar-refractivity contribution in [2.45, 2.75) is 97.4 Å². The molecular formula is C25H36O6. The number of ether oxygens (including phenoxy) is 1. The maximum atomic E-state index is 12.5. The molecule has 172 valence electrons. The predicted octanol–water partition coefficient (Wildman–Crippen LogP) is 4.32. The van der Waals surface area contributed by atoms with Crippen LogP contribution in [0.15, 0.2) is 22.8 Å². The zero-order chi connectivity index (χ0) is 23.0. The van der Waals surface area contributed by atoms with Gasteiger partial charge in [0.2, 0.25) is 0 Å². The van der Waals surface area contributed by atoms with Crippen molar-refractivity contribution in [2.24, 2.45) is 22.2 Å². The van der Waals surface area contributed by atoms with Crippen LogP contribution in [0.4, 0.5) is 0 Å². The number of hydrogen-bond acceptors (Lipinski definition) is 4. The van der Waals surface area contributed by atoms with Gasteiger partial charge in [-0.1, -0.05) is 40.7 Å². The minimum atomic E-state index is -0.960. The fourth-order valence-electron chi connectivity index (χ4n) is 7.34. The van der Waals surface area contributed by atoms with Crippen LogP contribution in [0.2, 0.25) is 0 Å². The van der Waals surface area contributed by atoms with Crippen molar-refractivity contribution in [3.8, 4) is 0 Å². The second-order valence-electron chi connectivity index (χ2n) is 11.6. The summed E-state index contributed by atoms with van der Waals surface area (Å²) in [6.07, 6.45) is 5.61. The number of carbonyl (C=O) groups is 2. The average molecular weight is 433 g/mol. The molecule has 2 aliphatic heterocycles. The zero-order valence-electron chi connectivity index (χ0n) is 19.3. The first-order chi connectivity index (χ1) is 14.3. The Bertz CT molecular complexity index is 884. The number of hydrogen-bond donors (Lipinski definition) is 3. The molecule has 0 spiro atoms. The van der Waals surface area contributed by atoms with Gasteiger partial charge >= 0.3 is 11.9 Å². The number of rotatable bonds is 6. The maximum absolute atomic E-state index is 12.5. The largest absolute Gasteiger partial charge is 0.481 e. The van der Waals surface area contributed by atoms with Crippen LogP contribution in [0, 0.1) is 22.2 Å². The molecule has 0 aromatic rings. The predicted molar refractivity (Wildman–Crippen MR) is 115 cm³/mol. The van der Waals surface area contributed by atoms with E-state index in [2.05, 4.69) is 13.8 Å². The van der Waals surface area contributed by atoms with Gasteiger partial charge in [-0.3, -0.25) is 4.79 Å². The van der Waals surface area contributed by atoms with Crippen LogP contribution in [0.25, 0.3) is 0 Å². The first kappa shape index (κ1) is 22.5. The molecule has 2 saturated heterocycles. The van der Waals surface area contributed by atoms with Gasteiger partial charge in [0.25, 0.3) is 0 Å². The van der Waals surface area contributed by atoms with E-state index in [9.17, 15) is 24.9 Å². The molecule has 0 unspecified atom stereocenters. The Labute approximate surface area is 184 Å². The van der Waals surface area contributed by atoms with Crippen LogP contribution in [-0.4, -0.2) is 45.1 Å². The Morgan fingerprint density at radius 2 is 1.90 bits per heavy atom. The lowest BCUT2D eigenvalue weighted by Gasteiger charge is -2.52. The van der Waals surface area contributed by atoms with E-state index in [4.69, 9.17) is 4.74 Å². The minimum Gasteiger partial charge on any atom is -0.481 e. The third-order valence-corrected chi connectivity index (χ3v) is 9.43. The molecule has 4 aliphatic rings. The standard InChI is InChI=1S/C25H36O6/c1-14(10-19(27)28)23(4)8-6-16-20(21(29)30)15(11-17(26)24(16,23)5)12-25-9-7-18(31-25)22(2,3)13-25/h6,14,17-18,26H,7-13H2,1-5H3,(H,27,28)(H,29,30)/t14-,17-,18-,23+,24+,25+/m1/s1. The molecule has 0 radical (unpaired) electrons. The number of allylic oxidation sites excluding steroid dienone is 1. The summed E-state index contributed by atoms with van der Waals surface area (Å²) >= 11 is 0. The molecule has 0 amide bonds. The summed E-state index contributed by atoms with van der Waals surface area (Å²) in [7, 11) is 0. The number of fused-ring (bicyclic) bond motifs is 3. The molecule has 2 bridgehead atoms. The summed E-state index contributed by atoms with van der Waals surface area (Å²) in [6.45, 7) is 10.3. The second kappa shape index (κ2) is 6.92. The highest BCUT2D eigenvalue weighted by Gasteiger charge is 2.61. The van der Waals surface area contributed by atoms with Crippen LogP contribution in [0.3, 0.4) is 0 Å². The normalized spacial score (nSPS) is 41.8. The lowest BCUT2D eigenvalue weighted by molar-refractivity contribution is -0.141. The molecule has 0 aromatic heterocycles. The van der Waals surface area contributed by atoms with Crippen LogP contribution in [0.5, 0.6) is 0 Å². The summed E-state index contributed by atoms with van der Waals surface area (Å²) in [5.74, 6) is -2.04. The first-order valence-corrected chi connectivity index (χ1v) is 11.5. The van der Waals surface area contributed by atoms with Gasteiger partial charge in [-0.2, -0.15) is 0 Å². The summed E-state index contributed by atoms with van der Waals surface area (Å²) in [5, 5.41) is 31.0. The van der Waals surface area contributed by atoms with Gasteiger partial charge in [0.05, 0.1) is 23.4 Å². The SMILES string of the molecule is C[C@H](CC(=O)O)[C@]1(C)CC=C2C(C(=O)O)=C(C[C@]34CC[C@@H](O3)C(C)(C)C4)C[C@@H](O)[C@]21C. The highest BCUT2D eigenvalue weighted by atomic mass is 16.5. The maximum Gasteiger partial charge on any atom is 0.335 e. The van der Waals surface area contributed by atoms with E-state index in [-0.39, 0.29) is 29.5 Å². The Kier molecular flexibility index (Phi) is 5.03. The molecule has 6 nitrogen and oxygen atoms in total. The molecule has 31 heavy (non-hydrogen) atoms. The Balaban J connectivity index is 1.72. The zero-order valence-corrected chi connectivity index (χ0v) is 19.3. The van der Waals surface area contributed by atoms with Crippen molar-refractivity contribution < 1.29 is 29.6 Å². The molecule has 3 N–H and O–H groups in total. The third kappa shape index (κ3) is 3.12. The fraction of sp³-hybridized carbons (Fsp3) is 0.760. The fourth-order valence-corrected chi connectivity index (χ4v) is 7.34. The number of carboxylic acids is 2. The van der Waals surface area contributed by atoms with Crippen molar-refractivity contribution in [2.75, 3.05) is 0 Å². The molecule has 6 heteroatoms. The smallest absolute Gasteiger partial charge is 0.335 e. The van der Waals surface area contributed by atoms with Crippen molar-refractivity contribution in [1.29, 1.82) is 0 Å². The molecule has 2 aliphatic carbocycles. The number of carboxylic acid groups (broad SMARTS) is 2. The first-order valence-electron chi connectivity index (χ1n) is 11.5. The van der Waals surface area contributed by atoms with E-state index in [1.54, 1.807) is 0 Å². The monoisotopic (exact) mass is 432 g/mol. The summed E-state index contributed by atoms with van der Waals surface area (Å²) < 4.78 is 6.41. The lowest BCUT2D eigenvalue weighted by Crippen LogP contribution is -2.51. The van der Waals surface area contributed by atoms with E-state index >= 15 is 0 Å². The van der Waals surface area contributed by atoms with Gasteiger partial charge in [-0.05, 0) is 66.4 Å². The number of aliphatic hydroxyl groups is 1. The minimum absolute atomic E-state index is 0.00761. The van der Waals surface area contributed by atoms with Crippen molar-refractivity contribution in [3.05, 3.63) is 22.8 Å². The van der Waals surface area contributed by atoms with Gasteiger partial charge < -0.3 is 20.1 Å². The van der Waals surface area contributed by atoms with Crippen LogP contribution in [-0.2, 0) is 14.3 Å². The van der Waals surface area contributed by atoms with Crippen molar-refractivity contribution >= 4 is 11.9 Å². The Morgan fingerprint density at radius 1 is 1.23 bits per heavy atom. The van der Waals surface area contributed by atoms with E-state index in [0.717, 1.165) is 24.8 Å². The van der Waals surface area contributed by atoms with Gasteiger partial charge in [0, 0.05) is 11.8 Å². The molecule has 4 rings (SSSR count). The van der Waals surface area contributed by atoms with Crippen LogP contribution in [0.1, 0.15) is 79.6 Å². The van der Waals surface area contributed by atoms with Crippen molar-refractivity contribution in [3.63, 3.8) is 0 Å². The number of aliphatic carboxylic acids is 2. The molecule has 6 atom stereocenters. The van der Waals surface area contributed by atoms with E-state index in [0.29, 0.717) is 30.4 Å². The van der Waals surface area contributed by atoms with Crippen LogP contribution < -0.4 is 0 Å². The summed E-state index contributed by atoms with van der Waals surface area (Å²) in [5.41, 5.74) is 0.192. The lowest BCUT2D eigenvalue weighted by atomic mass is 9.52.